The summed E-state index contributed by atoms with van der Waals surface area (Å²) in [5.74, 6) is 0.719. The Labute approximate surface area is 304 Å². The van der Waals surface area contributed by atoms with Gasteiger partial charge in [0, 0.05) is 21.8 Å². The van der Waals surface area contributed by atoms with Gasteiger partial charge in [-0.05, 0) is 115 Å². The van der Waals surface area contributed by atoms with Crippen molar-refractivity contribution in [2.75, 3.05) is 42.2 Å². The molecular weight excluding hydrogens is 772 g/mol. The number of nitrogens with zero attached hydrogens (tertiary/aromatic N) is 2. The van der Waals surface area contributed by atoms with E-state index in [9.17, 15) is 13.2 Å². The molecule has 2 heterocycles. The highest BCUT2D eigenvalue weighted by atomic mass is 79.9. The molecule has 1 fully saturated rings. The first-order valence-electron chi connectivity index (χ1n) is 16.2. The van der Waals surface area contributed by atoms with E-state index in [1.807, 2.05) is 24.3 Å². The van der Waals surface area contributed by atoms with Gasteiger partial charge in [0.25, 0.3) is 15.9 Å². The molecule has 4 aromatic carbocycles. The van der Waals surface area contributed by atoms with Crippen LogP contribution >= 0.6 is 31.9 Å². The Balaban J connectivity index is 1.34. The van der Waals surface area contributed by atoms with Gasteiger partial charge < -0.3 is 15.2 Å². The Morgan fingerprint density at radius 1 is 0.980 bits per heavy atom. The Bertz CT molecular complexity index is 2000. The number of halogens is 2. The average molecular weight is 811 g/mol. The highest BCUT2D eigenvalue weighted by Crippen LogP contribution is 2.47. The number of methoxy groups -OCH3 is 1. The van der Waals surface area contributed by atoms with E-state index in [0.29, 0.717) is 56.7 Å². The van der Waals surface area contributed by atoms with E-state index in [1.165, 1.54) is 30.2 Å². The number of rotatable bonds is 11. The quantitative estimate of drug-likeness (QED) is 0.116. The standard InChI is InChI=1S/C37H38Br2N4O5S/c1-3-27(42-18-7-4-8-19-42)23-48-36-30(39)21-24(22-33(36)47-2)20-29-28-10-5-6-12-32(28)43(37(29)44)35-31(40)11-9-13-34(35)49(45,46)41-26-16-14-25(38)15-17-26/h5-6,9-17,20-22,27,41H,3-4,7-8,18-19,23,40H2,1-2H3. The lowest BCUT2D eigenvalue weighted by Gasteiger charge is -2.34. The van der Waals surface area contributed by atoms with Crippen LogP contribution < -0.4 is 24.8 Å². The summed E-state index contributed by atoms with van der Waals surface area (Å²) in [6, 6.07) is 22.6. The molecule has 1 amide bonds. The maximum atomic E-state index is 14.4. The second-order valence-corrected chi connectivity index (χ2v) is 15.4. The molecule has 1 unspecified atom stereocenters. The van der Waals surface area contributed by atoms with Crippen molar-refractivity contribution in [3.05, 3.63) is 98.9 Å². The number of carbonyl (C=O) groups excluding carboxylic acids is 1. The number of amides is 1. The molecule has 4 aromatic rings. The zero-order valence-electron chi connectivity index (χ0n) is 27.3. The van der Waals surface area contributed by atoms with Crippen LogP contribution in [0.5, 0.6) is 11.5 Å². The summed E-state index contributed by atoms with van der Waals surface area (Å²) >= 11 is 7.06. The molecule has 0 radical (unpaired) electrons. The number of sulfonamides is 1. The molecular formula is C37H38Br2N4O5S. The number of hydrogen-bond donors (Lipinski definition) is 2. The van der Waals surface area contributed by atoms with Gasteiger partial charge in [-0.3, -0.25) is 19.3 Å². The normalized spacial score (nSPS) is 16.4. The van der Waals surface area contributed by atoms with Gasteiger partial charge in [-0.25, -0.2) is 8.42 Å². The molecule has 2 aliphatic heterocycles. The molecule has 0 bridgehead atoms. The van der Waals surface area contributed by atoms with Crippen LogP contribution in [-0.2, 0) is 14.8 Å². The lowest BCUT2D eigenvalue weighted by atomic mass is 10.0. The fourth-order valence-electron chi connectivity index (χ4n) is 6.40. The number of fused-ring (bicyclic) bond motifs is 1. The predicted molar refractivity (Wildman–Crippen MR) is 203 cm³/mol. The van der Waals surface area contributed by atoms with Crippen LogP contribution in [0.25, 0.3) is 11.6 Å². The van der Waals surface area contributed by atoms with E-state index in [0.717, 1.165) is 24.0 Å². The van der Waals surface area contributed by atoms with E-state index in [-0.39, 0.29) is 16.3 Å². The van der Waals surface area contributed by atoms with Crippen LogP contribution in [0, 0.1) is 0 Å². The highest BCUT2D eigenvalue weighted by molar-refractivity contribution is 9.10. The number of likely N-dealkylation sites (tertiary alicyclic amines) is 1. The largest absolute Gasteiger partial charge is 0.493 e. The number of para-hydroxylation sites is 2. The van der Waals surface area contributed by atoms with Gasteiger partial charge in [-0.2, -0.15) is 0 Å². The lowest BCUT2D eigenvalue weighted by Crippen LogP contribution is -2.42. The Hall–Kier alpha value is -3.84. The number of ether oxygens (including phenoxy) is 2. The van der Waals surface area contributed by atoms with Gasteiger partial charge in [0.15, 0.2) is 11.5 Å². The zero-order chi connectivity index (χ0) is 34.7. The number of carbonyl (C=O) groups is 1. The first-order chi connectivity index (χ1) is 23.6. The van der Waals surface area contributed by atoms with Gasteiger partial charge in [-0.15, -0.1) is 0 Å². The molecule has 1 saturated heterocycles. The van der Waals surface area contributed by atoms with Crippen molar-refractivity contribution in [1.29, 1.82) is 0 Å². The SMILES string of the molecule is CCC(COc1c(Br)cc(C=C2C(=O)N(c3c(N)cccc3S(=O)(=O)Nc3ccc(Br)cc3)c3ccccc32)cc1OC)N1CCCCC1. The number of benzene rings is 4. The van der Waals surface area contributed by atoms with Gasteiger partial charge in [0.2, 0.25) is 0 Å². The summed E-state index contributed by atoms with van der Waals surface area (Å²) < 4.78 is 43.8. The predicted octanol–water partition coefficient (Wildman–Crippen LogP) is 8.47. The molecule has 49 heavy (non-hydrogen) atoms. The second-order valence-electron chi connectivity index (χ2n) is 12.0. The van der Waals surface area contributed by atoms with E-state index < -0.39 is 15.9 Å². The number of anilines is 4. The fourth-order valence-corrected chi connectivity index (χ4v) is 8.52. The van der Waals surface area contributed by atoms with Crippen molar-refractivity contribution in [3.63, 3.8) is 0 Å². The average Bonchev–Trinajstić information content (AvgIpc) is 3.37. The smallest absolute Gasteiger partial charge is 0.264 e. The Morgan fingerprint density at radius 3 is 2.43 bits per heavy atom. The minimum absolute atomic E-state index is 0.0784. The maximum Gasteiger partial charge on any atom is 0.264 e. The summed E-state index contributed by atoms with van der Waals surface area (Å²) in [5.41, 5.74) is 9.29. The van der Waals surface area contributed by atoms with Crippen LogP contribution in [0.2, 0.25) is 0 Å². The minimum atomic E-state index is -4.16. The summed E-state index contributed by atoms with van der Waals surface area (Å²) in [7, 11) is -2.57. The van der Waals surface area contributed by atoms with Gasteiger partial charge in [-0.1, -0.05) is 53.5 Å². The van der Waals surface area contributed by atoms with Crippen LogP contribution in [-0.4, -0.2) is 52.1 Å². The van der Waals surface area contributed by atoms with Crippen molar-refractivity contribution in [3.8, 4) is 11.5 Å². The number of nitrogens with one attached hydrogen (secondary N) is 1. The molecule has 2 aliphatic rings. The van der Waals surface area contributed by atoms with Crippen molar-refractivity contribution < 1.29 is 22.7 Å². The highest BCUT2D eigenvalue weighted by Gasteiger charge is 2.37. The maximum absolute atomic E-state index is 14.4. The summed E-state index contributed by atoms with van der Waals surface area (Å²) in [6.45, 7) is 4.89. The van der Waals surface area contributed by atoms with Crippen LogP contribution in [0.15, 0.2) is 92.7 Å². The van der Waals surface area contributed by atoms with E-state index in [4.69, 9.17) is 15.2 Å². The topological polar surface area (TPSA) is 114 Å². The summed E-state index contributed by atoms with van der Waals surface area (Å²) in [6.07, 6.45) is 6.45. The zero-order valence-corrected chi connectivity index (χ0v) is 31.3. The van der Waals surface area contributed by atoms with Crippen LogP contribution in [0.1, 0.15) is 43.7 Å². The minimum Gasteiger partial charge on any atom is -0.493 e. The van der Waals surface area contributed by atoms with E-state index in [2.05, 4.69) is 48.4 Å². The molecule has 0 spiro atoms. The number of nitrogens with two attached hydrogens (primary N) is 1. The van der Waals surface area contributed by atoms with E-state index >= 15 is 0 Å². The monoisotopic (exact) mass is 808 g/mol. The molecule has 0 saturated carbocycles. The number of piperidine rings is 1. The van der Waals surface area contributed by atoms with Gasteiger partial charge in [0.05, 0.1) is 34.2 Å². The Kier molecular flexibility index (Phi) is 10.7. The van der Waals surface area contributed by atoms with Gasteiger partial charge in [0.1, 0.15) is 11.5 Å². The second kappa shape index (κ2) is 15.0. The summed E-state index contributed by atoms with van der Waals surface area (Å²) in [4.78, 5) is 18.1. The first kappa shape index (κ1) is 35.0. The van der Waals surface area contributed by atoms with Crippen LogP contribution in [0.4, 0.5) is 22.7 Å². The first-order valence-corrected chi connectivity index (χ1v) is 19.2. The molecule has 6 rings (SSSR count). The van der Waals surface area contributed by atoms with Crippen molar-refractivity contribution in [2.45, 2.75) is 43.5 Å². The molecule has 256 valence electrons. The summed E-state index contributed by atoms with van der Waals surface area (Å²) in [5, 5.41) is 0. The number of hydrogen-bond acceptors (Lipinski definition) is 7. The van der Waals surface area contributed by atoms with Gasteiger partial charge >= 0.3 is 0 Å². The van der Waals surface area contributed by atoms with E-state index in [1.54, 1.807) is 61.7 Å². The molecule has 0 aliphatic carbocycles. The third-order valence-corrected chi connectivity index (χ3v) is 11.4. The third-order valence-electron chi connectivity index (χ3n) is 8.87. The third kappa shape index (κ3) is 7.38. The lowest BCUT2D eigenvalue weighted by molar-refractivity contribution is -0.112. The number of nitrogen functional groups attached to an aromatic ring is 1. The molecule has 1 atom stereocenters. The van der Waals surface area contributed by atoms with Crippen molar-refractivity contribution in [2.24, 2.45) is 0 Å². The Morgan fingerprint density at radius 2 is 1.71 bits per heavy atom. The van der Waals surface area contributed by atoms with Crippen LogP contribution in [0.3, 0.4) is 0 Å². The molecule has 12 heteroatoms. The fraction of sp³-hybridized carbons (Fsp3) is 0.270. The molecule has 3 N–H and O–H groups in total. The van der Waals surface area contributed by atoms with Crippen molar-refractivity contribution in [1.82, 2.24) is 4.90 Å². The molecule has 9 nitrogen and oxygen atoms in total. The molecule has 0 aromatic heterocycles. The van der Waals surface area contributed by atoms with Crippen molar-refractivity contribution >= 4 is 82.2 Å².